The van der Waals surface area contributed by atoms with Crippen LogP contribution in [0.5, 0.6) is 0 Å². The second-order valence-electron chi connectivity index (χ2n) is 6.11. The van der Waals surface area contributed by atoms with Crippen LogP contribution in [0.4, 0.5) is 0 Å². The molecule has 4 nitrogen and oxygen atoms in total. The van der Waals surface area contributed by atoms with Gasteiger partial charge in [-0.05, 0) is 44.0 Å². The lowest BCUT2D eigenvalue weighted by molar-refractivity contribution is -0.132. The van der Waals surface area contributed by atoms with Crippen LogP contribution in [0.1, 0.15) is 30.9 Å². The zero-order valence-electron chi connectivity index (χ0n) is 13.4. The highest BCUT2D eigenvalue weighted by molar-refractivity contribution is 5.82. The Morgan fingerprint density at radius 1 is 1.41 bits per heavy atom. The van der Waals surface area contributed by atoms with E-state index in [1.54, 1.807) is 7.05 Å². The number of benzene rings is 1. The van der Waals surface area contributed by atoms with Crippen molar-refractivity contribution in [2.24, 2.45) is 5.41 Å². The lowest BCUT2D eigenvalue weighted by atomic mass is 9.81. The molecule has 1 aromatic rings. The molecular formula is C18H24N2O2. The van der Waals surface area contributed by atoms with Crippen LogP contribution < -0.4 is 5.32 Å². The molecule has 22 heavy (non-hydrogen) atoms. The Morgan fingerprint density at radius 3 is 2.77 bits per heavy atom. The zero-order valence-corrected chi connectivity index (χ0v) is 13.4. The van der Waals surface area contributed by atoms with Gasteiger partial charge in [-0.15, -0.1) is 0 Å². The number of rotatable bonds is 3. The number of likely N-dealkylation sites (tertiary alicyclic amines) is 1. The molecule has 0 saturated carbocycles. The first-order valence-corrected chi connectivity index (χ1v) is 7.70. The first kappa shape index (κ1) is 16.5. The summed E-state index contributed by atoms with van der Waals surface area (Å²) in [4.78, 5) is 14.4. The van der Waals surface area contributed by atoms with Crippen molar-refractivity contribution in [2.45, 2.75) is 26.3 Å². The molecule has 1 atom stereocenters. The van der Waals surface area contributed by atoms with Gasteiger partial charge in [0.05, 0.1) is 5.41 Å². The number of amides is 1. The van der Waals surface area contributed by atoms with E-state index in [0.717, 1.165) is 38.0 Å². The van der Waals surface area contributed by atoms with Crippen LogP contribution in [0.25, 0.3) is 0 Å². The van der Waals surface area contributed by atoms with Gasteiger partial charge in [0.25, 0.3) is 0 Å². The SMILES string of the molecule is CNC(=O)[C@@]1(C)CCCN(Cc2ccc(C#CCO)cc2)C1. The number of hydrogen-bond acceptors (Lipinski definition) is 3. The predicted molar refractivity (Wildman–Crippen MR) is 87.1 cm³/mol. The fourth-order valence-corrected chi connectivity index (χ4v) is 3.06. The molecule has 1 aromatic carbocycles. The Labute approximate surface area is 132 Å². The van der Waals surface area contributed by atoms with Crippen LogP contribution in [0.2, 0.25) is 0 Å². The minimum absolute atomic E-state index is 0.117. The number of piperidine rings is 1. The van der Waals surface area contributed by atoms with E-state index in [1.807, 2.05) is 19.1 Å². The Bertz CT molecular complexity index is 571. The van der Waals surface area contributed by atoms with Gasteiger partial charge in [-0.25, -0.2) is 0 Å². The molecule has 1 aliphatic heterocycles. The smallest absolute Gasteiger partial charge is 0.226 e. The molecular weight excluding hydrogens is 276 g/mol. The predicted octanol–water partition coefficient (Wildman–Crippen LogP) is 1.38. The van der Waals surface area contributed by atoms with Gasteiger partial charge < -0.3 is 10.4 Å². The van der Waals surface area contributed by atoms with Crippen LogP contribution in [0, 0.1) is 17.3 Å². The summed E-state index contributed by atoms with van der Waals surface area (Å²) in [6.07, 6.45) is 1.99. The maximum absolute atomic E-state index is 12.1. The lowest BCUT2D eigenvalue weighted by Crippen LogP contribution is -2.49. The molecule has 1 amide bonds. The Kier molecular flexibility index (Phi) is 5.59. The van der Waals surface area contributed by atoms with Crippen molar-refractivity contribution in [3.63, 3.8) is 0 Å². The molecule has 0 radical (unpaired) electrons. The number of carbonyl (C=O) groups excluding carboxylic acids is 1. The third-order valence-electron chi connectivity index (χ3n) is 4.22. The highest BCUT2D eigenvalue weighted by atomic mass is 16.2. The average Bonchev–Trinajstić information content (AvgIpc) is 2.53. The molecule has 1 aliphatic rings. The van der Waals surface area contributed by atoms with Gasteiger partial charge >= 0.3 is 0 Å². The van der Waals surface area contributed by atoms with Gasteiger partial charge in [0.15, 0.2) is 0 Å². The van der Waals surface area contributed by atoms with E-state index in [0.29, 0.717) is 0 Å². The monoisotopic (exact) mass is 300 g/mol. The summed E-state index contributed by atoms with van der Waals surface area (Å²) in [5.74, 6) is 5.67. The maximum Gasteiger partial charge on any atom is 0.226 e. The van der Waals surface area contributed by atoms with Crippen molar-refractivity contribution in [3.05, 3.63) is 35.4 Å². The molecule has 1 heterocycles. The average molecular weight is 300 g/mol. The summed E-state index contributed by atoms with van der Waals surface area (Å²) in [5.41, 5.74) is 1.84. The van der Waals surface area contributed by atoms with Crippen molar-refractivity contribution in [1.29, 1.82) is 0 Å². The van der Waals surface area contributed by atoms with E-state index >= 15 is 0 Å². The maximum atomic E-state index is 12.1. The second kappa shape index (κ2) is 7.44. The van der Waals surface area contributed by atoms with E-state index in [2.05, 4.69) is 34.2 Å². The van der Waals surface area contributed by atoms with Crippen LogP contribution in [0.15, 0.2) is 24.3 Å². The molecule has 1 saturated heterocycles. The molecule has 0 unspecified atom stereocenters. The minimum atomic E-state index is -0.292. The summed E-state index contributed by atoms with van der Waals surface area (Å²) in [6.45, 7) is 4.59. The number of aliphatic hydroxyl groups is 1. The van der Waals surface area contributed by atoms with E-state index in [-0.39, 0.29) is 17.9 Å². The summed E-state index contributed by atoms with van der Waals surface area (Å²) in [7, 11) is 1.71. The van der Waals surface area contributed by atoms with Gasteiger partial charge in [-0.1, -0.05) is 24.0 Å². The van der Waals surface area contributed by atoms with Crippen LogP contribution in [-0.4, -0.2) is 42.7 Å². The number of hydrogen-bond donors (Lipinski definition) is 2. The Morgan fingerprint density at radius 2 is 2.14 bits per heavy atom. The van der Waals surface area contributed by atoms with Crippen LogP contribution >= 0.6 is 0 Å². The van der Waals surface area contributed by atoms with Gasteiger partial charge in [0.1, 0.15) is 6.61 Å². The number of carbonyl (C=O) groups is 1. The third kappa shape index (κ3) is 4.09. The van der Waals surface area contributed by atoms with Crippen LogP contribution in [-0.2, 0) is 11.3 Å². The van der Waals surface area contributed by atoms with Crippen molar-refractivity contribution in [2.75, 3.05) is 26.7 Å². The number of aliphatic hydroxyl groups excluding tert-OH is 1. The minimum Gasteiger partial charge on any atom is -0.384 e. The highest BCUT2D eigenvalue weighted by Crippen LogP contribution is 2.30. The Hall–Kier alpha value is -1.83. The summed E-state index contributed by atoms with van der Waals surface area (Å²) >= 11 is 0. The lowest BCUT2D eigenvalue weighted by Gasteiger charge is -2.39. The van der Waals surface area contributed by atoms with Crippen LogP contribution in [0.3, 0.4) is 0 Å². The fraction of sp³-hybridized carbons (Fsp3) is 0.500. The first-order chi connectivity index (χ1) is 10.6. The van der Waals surface area contributed by atoms with E-state index in [4.69, 9.17) is 5.11 Å². The Balaban J connectivity index is 2.00. The molecule has 0 spiro atoms. The molecule has 0 aliphatic carbocycles. The largest absolute Gasteiger partial charge is 0.384 e. The van der Waals surface area contributed by atoms with E-state index < -0.39 is 0 Å². The summed E-state index contributed by atoms with van der Waals surface area (Å²) in [6, 6.07) is 8.07. The van der Waals surface area contributed by atoms with Crippen molar-refractivity contribution >= 4 is 5.91 Å². The molecule has 118 valence electrons. The van der Waals surface area contributed by atoms with E-state index in [9.17, 15) is 4.79 Å². The van der Waals surface area contributed by atoms with Gasteiger partial charge in [-0.2, -0.15) is 0 Å². The molecule has 0 bridgehead atoms. The van der Waals surface area contributed by atoms with Crippen molar-refractivity contribution in [3.8, 4) is 11.8 Å². The summed E-state index contributed by atoms with van der Waals surface area (Å²) < 4.78 is 0. The molecule has 2 N–H and O–H groups in total. The second-order valence-corrected chi connectivity index (χ2v) is 6.11. The fourth-order valence-electron chi connectivity index (χ4n) is 3.06. The summed E-state index contributed by atoms with van der Waals surface area (Å²) in [5, 5.41) is 11.5. The van der Waals surface area contributed by atoms with Gasteiger partial charge in [0.2, 0.25) is 5.91 Å². The van der Waals surface area contributed by atoms with Gasteiger partial charge in [-0.3, -0.25) is 9.69 Å². The number of nitrogens with zero attached hydrogens (tertiary/aromatic N) is 1. The van der Waals surface area contributed by atoms with E-state index in [1.165, 1.54) is 5.56 Å². The normalized spacial score (nSPS) is 21.8. The van der Waals surface area contributed by atoms with Crippen molar-refractivity contribution < 1.29 is 9.90 Å². The molecule has 0 aromatic heterocycles. The first-order valence-electron chi connectivity index (χ1n) is 7.70. The topological polar surface area (TPSA) is 52.6 Å². The standard InChI is InChI=1S/C18H24N2O2/c1-18(17(22)19-2)10-4-11-20(14-18)13-16-8-6-15(7-9-16)5-3-12-21/h6-9,21H,4,10-14H2,1-2H3,(H,19,22)/t18-/m0/s1. The highest BCUT2D eigenvalue weighted by Gasteiger charge is 2.36. The number of nitrogens with one attached hydrogen (secondary N) is 1. The molecule has 4 heteroatoms. The zero-order chi connectivity index (χ0) is 16.0. The third-order valence-corrected chi connectivity index (χ3v) is 4.22. The van der Waals surface area contributed by atoms with Gasteiger partial charge in [0, 0.05) is 25.7 Å². The quantitative estimate of drug-likeness (QED) is 0.829. The molecule has 1 fully saturated rings. The molecule has 2 rings (SSSR count). The van der Waals surface area contributed by atoms with Crippen molar-refractivity contribution in [1.82, 2.24) is 10.2 Å².